The van der Waals surface area contributed by atoms with Gasteiger partial charge >= 0.3 is 5.97 Å². The molecule has 1 saturated heterocycles. The third-order valence-corrected chi connectivity index (χ3v) is 4.42. The monoisotopic (exact) mass is 354 g/mol. The maximum absolute atomic E-state index is 12.2. The number of ether oxygens (including phenoxy) is 1. The number of carbonyl (C=O) groups is 2. The molecule has 0 spiro atoms. The van der Waals surface area contributed by atoms with Gasteiger partial charge in [0.1, 0.15) is 11.5 Å². The van der Waals surface area contributed by atoms with Gasteiger partial charge in [-0.25, -0.2) is 0 Å². The summed E-state index contributed by atoms with van der Waals surface area (Å²) in [5.74, 6) is 0.327. The predicted molar refractivity (Wildman–Crippen MR) is 98.4 cm³/mol. The summed E-state index contributed by atoms with van der Waals surface area (Å²) in [7, 11) is 0. The molecule has 1 heterocycles. The first kappa shape index (κ1) is 17.9. The van der Waals surface area contributed by atoms with Crippen LogP contribution < -0.4 is 10.1 Å². The molecule has 0 bridgehead atoms. The van der Waals surface area contributed by atoms with E-state index in [1.54, 1.807) is 24.3 Å². The van der Waals surface area contributed by atoms with E-state index in [0.29, 0.717) is 37.4 Å². The van der Waals surface area contributed by atoms with Gasteiger partial charge in [0.25, 0.3) is 0 Å². The molecule has 3 rings (SSSR count). The molecule has 1 fully saturated rings. The number of carboxylic acids is 1. The summed E-state index contributed by atoms with van der Waals surface area (Å²) in [5.41, 5.74) is 0.704. The molecular formula is C20H22N2O4. The minimum atomic E-state index is -0.744. The van der Waals surface area contributed by atoms with E-state index in [9.17, 15) is 9.59 Å². The van der Waals surface area contributed by atoms with Crippen molar-refractivity contribution in [2.75, 3.05) is 25.0 Å². The van der Waals surface area contributed by atoms with Gasteiger partial charge in [0.2, 0.25) is 5.91 Å². The molecule has 1 aliphatic heterocycles. The van der Waals surface area contributed by atoms with Gasteiger partial charge in [-0.3, -0.25) is 14.5 Å². The van der Waals surface area contributed by atoms with Gasteiger partial charge in [0.05, 0.1) is 12.5 Å². The lowest BCUT2D eigenvalue weighted by atomic mass is 9.97. The predicted octanol–water partition coefficient (Wildman–Crippen LogP) is 3.21. The van der Waals surface area contributed by atoms with Crippen LogP contribution in [0.25, 0.3) is 0 Å². The fraction of sp³-hybridized carbons (Fsp3) is 0.300. The van der Waals surface area contributed by atoms with Crippen LogP contribution in [-0.4, -0.2) is 41.5 Å². The Hall–Kier alpha value is -2.86. The van der Waals surface area contributed by atoms with E-state index >= 15 is 0 Å². The number of nitrogens with one attached hydrogen (secondary N) is 1. The van der Waals surface area contributed by atoms with Gasteiger partial charge in [-0.1, -0.05) is 18.2 Å². The molecule has 1 aliphatic rings. The van der Waals surface area contributed by atoms with Crippen molar-refractivity contribution in [1.29, 1.82) is 0 Å². The second-order valence-electron chi connectivity index (χ2n) is 6.38. The zero-order valence-electron chi connectivity index (χ0n) is 14.4. The molecule has 0 aliphatic carbocycles. The van der Waals surface area contributed by atoms with Crippen LogP contribution in [0.4, 0.5) is 5.69 Å². The summed E-state index contributed by atoms with van der Waals surface area (Å²) < 4.78 is 5.72. The zero-order valence-corrected chi connectivity index (χ0v) is 14.4. The highest BCUT2D eigenvalue weighted by atomic mass is 16.5. The van der Waals surface area contributed by atoms with E-state index in [4.69, 9.17) is 9.84 Å². The maximum Gasteiger partial charge on any atom is 0.306 e. The number of carboxylic acid groups (broad SMARTS) is 1. The summed E-state index contributed by atoms with van der Waals surface area (Å²) >= 11 is 0. The highest BCUT2D eigenvalue weighted by Gasteiger charge is 2.25. The van der Waals surface area contributed by atoms with Gasteiger partial charge in [-0.05, 0) is 62.3 Å². The second-order valence-corrected chi connectivity index (χ2v) is 6.38. The Morgan fingerprint density at radius 1 is 1.00 bits per heavy atom. The SMILES string of the molecule is O=C(CN1CCC(C(=O)O)CC1)Nc1ccc(Oc2ccccc2)cc1. The Bertz CT molecular complexity index is 738. The highest BCUT2D eigenvalue weighted by molar-refractivity contribution is 5.92. The molecule has 2 aromatic rings. The quantitative estimate of drug-likeness (QED) is 0.833. The lowest BCUT2D eigenvalue weighted by Gasteiger charge is -2.29. The molecule has 6 nitrogen and oxygen atoms in total. The molecule has 0 unspecified atom stereocenters. The number of benzene rings is 2. The lowest BCUT2D eigenvalue weighted by molar-refractivity contribution is -0.143. The van der Waals surface area contributed by atoms with E-state index in [-0.39, 0.29) is 18.4 Å². The number of anilines is 1. The molecule has 136 valence electrons. The zero-order chi connectivity index (χ0) is 18.4. The largest absolute Gasteiger partial charge is 0.481 e. The molecule has 2 aromatic carbocycles. The fourth-order valence-corrected chi connectivity index (χ4v) is 2.97. The standard InChI is InChI=1S/C20H22N2O4/c23-19(14-22-12-10-15(11-13-22)20(24)25)21-16-6-8-18(9-7-16)26-17-4-2-1-3-5-17/h1-9,15H,10-14H2,(H,21,23)(H,24,25). The number of hydrogen-bond acceptors (Lipinski definition) is 4. The third-order valence-electron chi connectivity index (χ3n) is 4.42. The van der Waals surface area contributed by atoms with Crippen LogP contribution >= 0.6 is 0 Å². The van der Waals surface area contributed by atoms with Crippen molar-refractivity contribution in [1.82, 2.24) is 4.90 Å². The van der Waals surface area contributed by atoms with E-state index in [1.165, 1.54) is 0 Å². The molecular weight excluding hydrogens is 332 g/mol. The normalized spacial score (nSPS) is 15.4. The lowest BCUT2D eigenvalue weighted by Crippen LogP contribution is -2.40. The minimum absolute atomic E-state index is 0.101. The summed E-state index contributed by atoms with van der Waals surface area (Å²) in [6.45, 7) is 1.54. The number of aliphatic carboxylic acids is 1. The summed E-state index contributed by atoms with van der Waals surface area (Å²) in [6, 6.07) is 16.7. The van der Waals surface area contributed by atoms with Crippen molar-refractivity contribution in [3.8, 4) is 11.5 Å². The Kier molecular flexibility index (Phi) is 5.86. The Balaban J connectivity index is 1.46. The van der Waals surface area contributed by atoms with Crippen molar-refractivity contribution in [3.05, 3.63) is 54.6 Å². The first-order valence-corrected chi connectivity index (χ1v) is 8.68. The average Bonchev–Trinajstić information content (AvgIpc) is 2.64. The fourth-order valence-electron chi connectivity index (χ4n) is 2.97. The number of likely N-dealkylation sites (tertiary alicyclic amines) is 1. The van der Waals surface area contributed by atoms with Crippen LogP contribution in [-0.2, 0) is 9.59 Å². The smallest absolute Gasteiger partial charge is 0.306 e. The molecule has 0 atom stereocenters. The molecule has 0 radical (unpaired) electrons. The first-order valence-electron chi connectivity index (χ1n) is 8.68. The number of hydrogen-bond donors (Lipinski definition) is 2. The highest BCUT2D eigenvalue weighted by Crippen LogP contribution is 2.23. The van der Waals surface area contributed by atoms with Crippen molar-refractivity contribution in [2.45, 2.75) is 12.8 Å². The van der Waals surface area contributed by atoms with Gasteiger partial charge < -0.3 is 15.2 Å². The van der Waals surface area contributed by atoms with E-state index in [1.807, 2.05) is 35.2 Å². The molecule has 26 heavy (non-hydrogen) atoms. The average molecular weight is 354 g/mol. The molecule has 2 N–H and O–H groups in total. The number of piperidine rings is 1. The van der Waals surface area contributed by atoms with E-state index in [0.717, 1.165) is 5.75 Å². The van der Waals surface area contributed by atoms with Gasteiger partial charge in [-0.2, -0.15) is 0 Å². The van der Waals surface area contributed by atoms with Gasteiger partial charge in [0.15, 0.2) is 0 Å². The van der Waals surface area contributed by atoms with Crippen molar-refractivity contribution < 1.29 is 19.4 Å². The van der Waals surface area contributed by atoms with Crippen LogP contribution in [0.2, 0.25) is 0 Å². The summed E-state index contributed by atoms with van der Waals surface area (Å²) in [4.78, 5) is 25.1. The van der Waals surface area contributed by atoms with Crippen molar-refractivity contribution in [2.24, 2.45) is 5.92 Å². The summed E-state index contributed by atoms with van der Waals surface area (Å²) in [5, 5.41) is 11.9. The number of para-hydroxylation sites is 1. The van der Waals surface area contributed by atoms with Crippen LogP contribution in [0.1, 0.15) is 12.8 Å². The number of carbonyl (C=O) groups excluding carboxylic acids is 1. The molecule has 0 aromatic heterocycles. The van der Waals surface area contributed by atoms with E-state index < -0.39 is 5.97 Å². The second kappa shape index (κ2) is 8.49. The van der Waals surface area contributed by atoms with Crippen molar-refractivity contribution >= 4 is 17.6 Å². The number of amides is 1. The van der Waals surface area contributed by atoms with Gasteiger partial charge in [-0.15, -0.1) is 0 Å². The first-order chi connectivity index (χ1) is 12.6. The molecule has 0 saturated carbocycles. The van der Waals surface area contributed by atoms with Crippen LogP contribution in [0.3, 0.4) is 0 Å². The number of nitrogens with zero attached hydrogens (tertiary/aromatic N) is 1. The minimum Gasteiger partial charge on any atom is -0.481 e. The van der Waals surface area contributed by atoms with E-state index in [2.05, 4.69) is 5.32 Å². The van der Waals surface area contributed by atoms with Gasteiger partial charge in [0, 0.05) is 5.69 Å². The van der Waals surface area contributed by atoms with Crippen LogP contribution in [0.15, 0.2) is 54.6 Å². The Labute approximate surface area is 152 Å². The Morgan fingerprint density at radius 2 is 1.62 bits per heavy atom. The van der Waals surface area contributed by atoms with Crippen LogP contribution in [0.5, 0.6) is 11.5 Å². The molecule has 1 amide bonds. The third kappa shape index (κ3) is 5.07. The topological polar surface area (TPSA) is 78.9 Å². The summed E-state index contributed by atoms with van der Waals surface area (Å²) in [6.07, 6.45) is 1.18. The van der Waals surface area contributed by atoms with Crippen molar-refractivity contribution in [3.63, 3.8) is 0 Å². The van der Waals surface area contributed by atoms with Crippen LogP contribution in [0, 0.1) is 5.92 Å². The maximum atomic E-state index is 12.2. The Morgan fingerprint density at radius 3 is 2.23 bits per heavy atom. The number of rotatable bonds is 6. The molecule has 6 heteroatoms.